The third-order valence-corrected chi connectivity index (χ3v) is 15.1. The van der Waals surface area contributed by atoms with Gasteiger partial charge in [0.15, 0.2) is 17.5 Å². The van der Waals surface area contributed by atoms with Gasteiger partial charge >= 0.3 is 0 Å². The van der Waals surface area contributed by atoms with Crippen LogP contribution < -0.4 is 0 Å². The fourth-order valence-corrected chi connectivity index (χ4v) is 11.1. The van der Waals surface area contributed by atoms with E-state index in [0.29, 0.717) is 17.5 Å². The van der Waals surface area contributed by atoms with E-state index in [-0.39, 0.29) is 0 Å². The van der Waals surface area contributed by atoms with E-state index in [1.807, 2.05) is 73.1 Å². The number of aromatic nitrogens is 4. The zero-order chi connectivity index (χ0) is 53.2. The summed E-state index contributed by atoms with van der Waals surface area (Å²) in [5, 5.41) is 4.70. The van der Waals surface area contributed by atoms with Crippen molar-refractivity contribution in [3.05, 3.63) is 304 Å². The van der Waals surface area contributed by atoms with Crippen molar-refractivity contribution in [3.63, 3.8) is 0 Å². The Morgan fingerprint density at radius 3 is 0.900 bits per heavy atom. The summed E-state index contributed by atoms with van der Waals surface area (Å²) in [6.45, 7) is 0. The molecule has 0 unspecified atom stereocenters. The maximum atomic E-state index is 5.07. The number of fused-ring (bicyclic) bond motifs is 2. The van der Waals surface area contributed by atoms with Gasteiger partial charge < -0.3 is 0 Å². The van der Waals surface area contributed by atoms with Crippen LogP contribution >= 0.6 is 0 Å². The van der Waals surface area contributed by atoms with Crippen LogP contribution in [-0.4, -0.2) is 19.9 Å². The highest BCUT2D eigenvalue weighted by Gasteiger charge is 2.18. The van der Waals surface area contributed by atoms with Crippen molar-refractivity contribution >= 4 is 21.5 Å². The number of pyridine rings is 1. The summed E-state index contributed by atoms with van der Waals surface area (Å²) in [7, 11) is 0. The van der Waals surface area contributed by atoms with E-state index >= 15 is 0 Å². The molecule has 2 heterocycles. The first-order valence-electron chi connectivity index (χ1n) is 27.1. The number of hydrogen-bond donors (Lipinski definition) is 0. The fourth-order valence-electron chi connectivity index (χ4n) is 11.1. The van der Waals surface area contributed by atoms with Crippen LogP contribution in [0.25, 0.3) is 145 Å². The molecule has 0 bridgehead atoms. The normalized spacial score (nSPS) is 11.2. The summed E-state index contributed by atoms with van der Waals surface area (Å²) in [6, 6.07) is 104. The molecule has 0 radical (unpaired) electrons. The van der Waals surface area contributed by atoms with Crippen LogP contribution in [0.4, 0.5) is 0 Å². The van der Waals surface area contributed by atoms with E-state index in [2.05, 4.69) is 231 Å². The zero-order valence-corrected chi connectivity index (χ0v) is 43.7. The lowest BCUT2D eigenvalue weighted by Crippen LogP contribution is -2.00. The average Bonchev–Trinajstić information content (AvgIpc) is 3.68. The van der Waals surface area contributed by atoms with E-state index in [1.54, 1.807) is 0 Å². The molecule has 0 aliphatic heterocycles. The summed E-state index contributed by atoms with van der Waals surface area (Å²) < 4.78 is 0. The zero-order valence-electron chi connectivity index (χ0n) is 43.7. The quantitative estimate of drug-likeness (QED) is 0.130. The molecule has 4 nitrogen and oxygen atoms in total. The predicted molar refractivity (Wildman–Crippen MR) is 332 cm³/mol. The number of rotatable bonds is 11. The van der Waals surface area contributed by atoms with Gasteiger partial charge in [-0.3, -0.25) is 4.98 Å². The Morgan fingerprint density at radius 2 is 0.463 bits per heavy atom. The van der Waals surface area contributed by atoms with E-state index in [1.165, 1.54) is 43.8 Å². The topological polar surface area (TPSA) is 51.6 Å². The molecule has 0 saturated carbocycles. The van der Waals surface area contributed by atoms with Gasteiger partial charge in [0.25, 0.3) is 0 Å². The molecule has 0 aliphatic carbocycles. The highest BCUT2D eigenvalue weighted by Crippen LogP contribution is 2.43. The highest BCUT2D eigenvalue weighted by atomic mass is 15.0. The molecule has 374 valence electrons. The molecule has 2 aromatic heterocycles. The predicted octanol–water partition coefficient (Wildman–Crippen LogP) is 19.9. The van der Waals surface area contributed by atoms with Gasteiger partial charge in [-0.2, -0.15) is 0 Å². The molecular formula is C76H50N4. The molecule has 12 aromatic carbocycles. The van der Waals surface area contributed by atoms with E-state index in [9.17, 15) is 0 Å². The summed E-state index contributed by atoms with van der Waals surface area (Å²) in [5.74, 6) is 1.84. The molecule has 14 aromatic rings. The molecule has 0 atom stereocenters. The SMILES string of the molecule is c1ccc(-c2ccc3c(-c4cc(-c5cncc(-c6cccc(-c7nc(-c8ccccc8)nc(-c8ccccc8)n7)c6)c5)cc(-c5cc(-c6ccccc6)cc6cc(-c7ccccc7)ccc56)c4)cc(-c4ccccc4)cc3c2)cc1. The standard InChI is InChI=1S/C76H50N4/c1-7-20-51(21-8-1)58-34-36-70-64(39-58)43-62(53-24-11-3-12-25-53)47-72(70)66-41-61(42-67(45-66)73-48-63(54-26-13-4-14-27-54)44-65-40-59(35-37-71(65)73)52-22-9-2-10-23-52)69-46-68(49-77-50-69)57-32-19-33-60(38-57)76-79-74(55-28-15-5-16-29-55)78-75(80-76)56-30-17-6-18-31-56/h1-50H. The smallest absolute Gasteiger partial charge is 0.164 e. The largest absolute Gasteiger partial charge is 0.263 e. The Balaban J connectivity index is 0.965. The minimum atomic E-state index is 0.600. The van der Waals surface area contributed by atoms with Gasteiger partial charge in [0.2, 0.25) is 0 Å². The molecular weight excluding hydrogens is 969 g/mol. The van der Waals surface area contributed by atoms with Crippen molar-refractivity contribution < 1.29 is 0 Å². The van der Waals surface area contributed by atoms with Crippen molar-refractivity contribution in [2.45, 2.75) is 0 Å². The van der Waals surface area contributed by atoms with Gasteiger partial charge in [-0.1, -0.05) is 224 Å². The second-order valence-electron chi connectivity index (χ2n) is 20.3. The fraction of sp³-hybridized carbons (Fsp3) is 0. The summed E-state index contributed by atoms with van der Waals surface area (Å²) >= 11 is 0. The van der Waals surface area contributed by atoms with Crippen molar-refractivity contribution in [1.29, 1.82) is 0 Å². The second kappa shape index (κ2) is 21.0. The molecule has 0 spiro atoms. The first kappa shape index (κ1) is 47.7. The van der Waals surface area contributed by atoms with Crippen LogP contribution in [0, 0.1) is 0 Å². The van der Waals surface area contributed by atoms with E-state index < -0.39 is 0 Å². The number of hydrogen-bond acceptors (Lipinski definition) is 4. The van der Waals surface area contributed by atoms with Gasteiger partial charge in [0.1, 0.15) is 0 Å². The molecule has 0 fully saturated rings. The lowest BCUT2D eigenvalue weighted by atomic mass is 9.86. The lowest BCUT2D eigenvalue weighted by molar-refractivity contribution is 1.07. The lowest BCUT2D eigenvalue weighted by Gasteiger charge is -2.18. The van der Waals surface area contributed by atoms with Crippen LogP contribution in [0.15, 0.2) is 304 Å². The second-order valence-corrected chi connectivity index (χ2v) is 20.3. The van der Waals surface area contributed by atoms with Crippen molar-refractivity contribution in [2.24, 2.45) is 0 Å². The molecule has 0 aliphatic rings. The molecule has 14 rings (SSSR count). The van der Waals surface area contributed by atoms with Gasteiger partial charge in [0.05, 0.1) is 0 Å². The van der Waals surface area contributed by atoms with Gasteiger partial charge in [0, 0.05) is 40.2 Å². The Morgan fingerprint density at radius 1 is 0.175 bits per heavy atom. The Hall–Kier alpha value is -10.7. The number of benzene rings is 12. The Kier molecular flexibility index (Phi) is 12.6. The Labute approximate surface area is 465 Å². The third kappa shape index (κ3) is 9.63. The van der Waals surface area contributed by atoms with Gasteiger partial charge in [-0.05, 0) is 166 Å². The maximum Gasteiger partial charge on any atom is 0.164 e. The van der Waals surface area contributed by atoms with Crippen LogP contribution in [0.5, 0.6) is 0 Å². The van der Waals surface area contributed by atoms with Crippen LogP contribution in [0.2, 0.25) is 0 Å². The molecule has 80 heavy (non-hydrogen) atoms. The average molecular weight is 1020 g/mol. The summed E-state index contributed by atoms with van der Waals surface area (Å²) in [5.41, 5.74) is 20.7. The van der Waals surface area contributed by atoms with E-state index in [0.717, 1.165) is 83.5 Å². The molecule has 0 saturated heterocycles. The van der Waals surface area contributed by atoms with Gasteiger partial charge in [-0.25, -0.2) is 15.0 Å². The Bertz CT molecular complexity index is 4290. The minimum Gasteiger partial charge on any atom is -0.263 e. The van der Waals surface area contributed by atoms with Crippen molar-refractivity contribution in [1.82, 2.24) is 19.9 Å². The summed E-state index contributed by atoms with van der Waals surface area (Å²) in [4.78, 5) is 20.1. The van der Waals surface area contributed by atoms with Gasteiger partial charge in [-0.15, -0.1) is 0 Å². The van der Waals surface area contributed by atoms with Crippen molar-refractivity contribution in [3.8, 4) is 123 Å². The summed E-state index contributed by atoms with van der Waals surface area (Å²) in [6.07, 6.45) is 3.95. The van der Waals surface area contributed by atoms with Crippen LogP contribution in [0.3, 0.4) is 0 Å². The van der Waals surface area contributed by atoms with Crippen LogP contribution in [0.1, 0.15) is 0 Å². The first-order valence-corrected chi connectivity index (χ1v) is 27.1. The van der Waals surface area contributed by atoms with E-state index in [4.69, 9.17) is 19.9 Å². The molecule has 0 amide bonds. The minimum absolute atomic E-state index is 0.600. The first-order chi connectivity index (χ1) is 39.6. The van der Waals surface area contributed by atoms with Crippen LogP contribution in [-0.2, 0) is 0 Å². The number of nitrogens with zero attached hydrogens (tertiary/aromatic N) is 4. The monoisotopic (exact) mass is 1020 g/mol. The highest BCUT2D eigenvalue weighted by molar-refractivity contribution is 6.06. The molecule has 0 N–H and O–H groups in total. The van der Waals surface area contributed by atoms with Crippen molar-refractivity contribution in [2.75, 3.05) is 0 Å². The maximum absolute atomic E-state index is 5.07. The third-order valence-electron chi connectivity index (χ3n) is 15.1. The molecule has 4 heteroatoms.